The summed E-state index contributed by atoms with van der Waals surface area (Å²) in [4.78, 5) is 8.94. The van der Waals surface area contributed by atoms with Gasteiger partial charge >= 0.3 is 0 Å². The third-order valence-electron chi connectivity index (χ3n) is 9.37. The molecule has 4 nitrogen and oxygen atoms in total. The lowest BCUT2D eigenvalue weighted by molar-refractivity contribution is 0.669. The number of nitrogens with zero attached hydrogens (tertiary/aromatic N) is 3. The van der Waals surface area contributed by atoms with Gasteiger partial charge < -0.3 is 8.98 Å². The molecule has 0 N–H and O–H groups in total. The molecule has 2 heterocycles. The molecule has 0 amide bonds. The van der Waals surface area contributed by atoms with Crippen molar-refractivity contribution >= 4 is 56.3 Å². The lowest BCUT2D eigenvalue weighted by Crippen LogP contribution is -1.98. The summed E-state index contributed by atoms with van der Waals surface area (Å²) in [7, 11) is 0. The van der Waals surface area contributed by atoms with Crippen molar-refractivity contribution in [2.45, 2.75) is 6.54 Å². The predicted molar refractivity (Wildman–Crippen MR) is 205 cm³/mol. The Kier molecular flexibility index (Phi) is 6.98. The summed E-state index contributed by atoms with van der Waals surface area (Å²) >= 11 is 0. The Bertz CT molecular complexity index is 2700. The Balaban J connectivity index is 1.08. The largest absolute Gasteiger partial charge is 0.456 e. The minimum Gasteiger partial charge on any atom is -0.456 e. The van der Waals surface area contributed by atoms with Crippen LogP contribution in [0.1, 0.15) is 11.1 Å². The highest BCUT2D eigenvalue weighted by molar-refractivity contribution is 6.11. The molecule has 0 radical (unpaired) electrons. The average molecular weight is 630 g/mol. The van der Waals surface area contributed by atoms with Gasteiger partial charge in [-0.15, -0.1) is 0 Å². The van der Waals surface area contributed by atoms with Gasteiger partial charge in [0.1, 0.15) is 11.2 Å². The van der Waals surface area contributed by atoms with E-state index in [-0.39, 0.29) is 0 Å². The van der Waals surface area contributed by atoms with Crippen LogP contribution in [0.15, 0.2) is 178 Å². The molecule has 0 aliphatic carbocycles. The van der Waals surface area contributed by atoms with Crippen molar-refractivity contribution in [3.63, 3.8) is 0 Å². The number of benzene rings is 7. The van der Waals surface area contributed by atoms with Crippen LogP contribution in [0.3, 0.4) is 0 Å². The summed E-state index contributed by atoms with van der Waals surface area (Å²) in [5.41, 5.74) is 12.0. The second kappa shape index (κ2) is 11.9. The second-order valence-electron chi connectivity index (χ2n) is 12.3. The minimum atomic E-state index is 0.566. The number of furan rings is 1. The van der Waals surface area contributed by atoms with Crippen molar-refractivity contribution < 1.29 is 4.42 Å². The third kappa shape index (κ3) is 5.11. The molecule has 0 spiro atoms. The van der Waals surface area contributed by atoms with Crippen LogP contribution in [0.4, 0.5) is 0 Å². The van der Waals surface area contributed by atoms with E-state index in [1.807, 2.05) is 30.3 Å². The van der Waals surface area contributed by atoms with Crippen molar-refractivity contribution in [3.05, 3.63) is 175 Å². The standard InChI is InChI=1S/C45H31N3O/c1-46-45(47-29-30-10-3-2-4-11-30)32-20-18-31(19-21-32)33-12-9-13-36(26-33)48-41-16-7-5-14-37(41)39-27-34(22-24-42(39)48)35-23-25-44-40(28-35)38-15-6-8-17-43(38)49-44/h2-28H,1,29H2/b47-45-. The molecule has 232 valence electrons. The van der Waals surface area contributed by atoms with Crippen LogP contribution in [-0.4, -0.2) is 17.1 Å². The van der Waals surface area contributed by atoms with Gasteiger partial charge in [-0.3, -0.25) is 4.99 Å². The maximum Gasteiger partial charge on any atom is 0.154 e. The fraction of sp³-hybridized carbons (Fsp3) is 0.0222. The minimum absolute atomic E-state index is 0.566. The highest BCUT2D eigenvalue weighted by Gasteiger charge is 2.15. The van der Waals surface area contributed by atoms with Gasteiger partial charge in [-0.2, -0.15) is 0 Å². The number of hydrogen-bond acceptors (Lipinski definition) is 2. The van der Waals surface area contributed by atoms with E-state index < -0.39 is 0 Å². The average Bonchev–Trinajstić information content (AvgIpc) is 3.71. The van der Waals surface area contributed by atoms with Gasteiger partial charge in [0.25, 0.3) is 0 Å². The van der Waals surface area contributed by atoms with E-state index in [9.17, 15) is 0 Å². The van der Waals surface area contributed by atoms with Crippen LogP contribution < -0.4 is 0 Å². The van der Waals surface area contributed by atoms with Gasteiger partial charge in [-0.05, 0) is 83.1 Å². The summed E-state index contributed by atoms with van der Waals surface area (Å²) in [5.74, 6) is 0.645. The molecule has 0 unspecified atom stereocenters. The number of amidine groups is 1. The molecule has 0 saturated carbocycles. The van der Waals surface area contributed by atoms with Crippen LogP contribution in [0, 0.1) is 0 Å². The Hall–Kier alpha value is -6.52. The summed E-state index contributed by atoms with van der Waals surface area (Å²) in [6.07, 6.45) is 0. The first-order valence-corrected chi connectivity index (χ1v) is 16.4. The Morgan fingerprint density at radius 1 is 0.510 bits per heavy atom. The Labute approximate surface area is 283 Å². The second-order valence-corrected chi connectivity index (χ2v) is 12.3. The fourth-order valence-electron chi connectivity index (χ4n) is 6.95. The molecular weight excluding hydrogens is 599 g/mol. The van der Waals surface area contributed by atoms with Gasteiger partial charge in [0.05, 0.1) is 17.6 Å². The summed E-state index contributed by atoms with van der Waals surface area (Å²) in [6.45, 7) is 4.34. The molecule has 0 atom stereocenters. The molecule has 0 aliphatic heterocycles. The fourth-order valence-corrected chi connectivity index (χ4v) is 6.95. The first-order valence-electron chi connectivity index (χ1n) is 16.4. The van der Waals surface area contributed by atoms with Crippen LogP contribution in [0.2, 0.25) is 0 Å². The Morgan fingerprint density at radius 2 is 1.16 bits per heavy atom. The molecular formula is C45H31N3O. The number of para-hydroxylation sites is 2. The van der Waals surface area contributed by atoms with E-state index in [4.69, 9.17) is 9.41 Å². The van der Waals surface area contributed by atoms with E-state index in [0.717, 1.165) is 49.9 Å². The summed E-state index contributed by atoms with van der Waals surface area (Å²) < 4.78 is 8.47. The van der Waals surface area contributed by atoms with Crippen molar-refractivity contribution in [1.29, 1.82) is 0 Å². The van der Waals surface area contributed by atoms with Gasteiger partial charge in [-0.25, -0.2) is 4.99 Å². The summed E-state index contributed by atoms with van der Waals surface area (Å²) in [5, 5.41) is 4.72. The Morgan fingerprint density at radius 3 is 2.00 bits per heavy atom. The molecule has 2 aromatic heterocycles. The normalized spacial score (nSPS) is 12.0. The maximum absolute atomic E-state index is 6.10. The number of aliphatic imine (C=N–C) groups is 2. The van der Waals surface area contributed by atoms with Crippen molar-refractivity contribution in [2.75, 3.05) is 0 Å². The highest BCUT2D eigenvalue weighted by atomic mass is 16.3. The van der Waals surface area contributed by atoms with Gasteiger partial charge in [-0.1, -0.05) is 115 Å². The molecule has 0 aliphatic rings. The van der Waals surface area contributed by atoms with Crippen molar-refractivity contribution in [2.24, 2.45) is 9.98 Å². The number of rotatable bonds is 6. The van der Waals surface area contributed by atoms with Crippen molar-refractivity contribution in [3.8, 4) is 27.9 Å². The van der Waals surface area contributed by atoms with Gasteiger partial charge in [0.2, 0.25) is 0 Å². The molecule has 4 heteroatoms. The molecule has 9 aromatic rings. The number of hydrogen-bond donors (Lipinski definition) is 0. The van der Waals surface area contributed by atoms with E-state index in [1.54, 1.807) is 0 Å². The molecule has 49 heavy (non-hydrogen) atoms. The lowest BCUT2D eigenvalue weighted by Gasteiger charge is -2.11. The SMILES string of the molecule is C=N/C(=N\Cc1ccccc1)c1ccc(-c2cccc(-n3c4ccccc4c4cc(-c5ccc6oc7ccccc7c6c5)ccc43)c2)cc1. The molecule has 0 bridgehead atoms. The number of aromatic nitrogens is 1. The smallest absolute Gasteiger partial charge is 0.154 e. The van der Waals surface area contributed by atoms with E-state index in [2.05, 4.69) is 150 Å². The topological polar surface area (TPSA) is 42.8 Å². The van der Waals surface area contributed by atoms with Crippen LogP contribution >= 0.6 is 0 Å². The van der Waals surface area contributed by atoms with E-state index in [1.165, 1.54) is 32.9 Å². The van der Waals surface area contributed by atoms with Crippen molar-refractivity contribution in [1.82, 2.24) is 4.57 Å². The molecule has 0 saturated heterocycles. The molecule has 7 aromatic carbocycles. The van der Waals surface area contributed by atoms with Crippen LogP contribution in [0.25, 0.3) is 71.7 Å². The zero-order chi connectivity index (χ0) is 32.7. The first kappa shape index (κ1) is 28.7. The monoisotopic (exact) mass is 629 g/mol. The molecule has 9 rings (SSSR count). The molecule has 0 fully saturated rings. The zero-order valence-electron chi connectivity index (χ0n) is 26.8. The van der Waals surface area contributed by atoms with E-state index in [0.29, 0.717) is 12.4 Å². The highest BCUT2D eigenvalue weighted by Crippen LogP contribution is 2.37. The van der Waals surface area contributed by atoms with Crippen LogP contribution in [-0.2, 0) is 6.54 Å². The zero-order valence-corrected chi connectivity index (χ0v) is 26.8. The van der Waals surface area contributed by atoms with Crippen LogP contribution in [0.5, 0.6) is 0 Å². The van der Waals surface area contributed by atoms with Gasteiger partial charge in [0.15, 0.2) is 5.84 Å². The lowest BCUT2D eigenvalue weighted by atomic mass is 10.0. The maximum atomic E-state index is 6.10. The third-order valence-corrected chi connectivity index (χ3v) is 9.37. The van der Waals surface area contributed by atoms with Gasteiger partial charge in [0, 0.05) is 32.8 Å². The van der Waals surface area contributed by atoms with E-state index >= 15 is 0 Å². The first-order chi connectivity index (χ1) is 24.2. The number of fused-ring (bicyclic) bond motifs is 6. The quantitative estimate of drug-likeness (QED) is 0.133. The predicted octanol–water partition coefficient (Wildman–Crippen LogP) is 11.7. The summed E-state index contributed by atoms with van der Waals surface area (Å²) in [6, 6.07) is 57.6.